The normalized spacial score (nSPS) is 45.9. The third kappa shape index (κ3) is 0.867. The lowest BCUT2D eigenvalue weighted by molar-refractivity contribution is -0.0905. The molecule has 0 unspecified atom stereocenters. The Labute approximate surface area is 61.5 Å². The summed E-state index contributed by atoms with van der Waals surface area (Å²) >= 11 is 0. The summed E-state index contributed by atoms with van der Waals surface area (Å²) in [5, 5.41) is 0. The van der Waals surface area contributed by atoms with E-state index in [-0.39, 0.29) is 6.29 Å². The maximum absolute atomic E-state index is 5.46. The van der Waals surface area contributed by atoms with E-state index in [4.69, 9.17) is 9.47 Å². The molecular formula is C8H14O2. The largest absolute Gasteiger partial charge is 0.352 e. The minimum atomic E-state index is 0.157. The monoisotopic (exact) mass is 142 g/mol. The number of hydrogen-bond acceptors (Lipinski definition) is 2. The molecule has 3 atom stereocenters. The van der Waals surface area contributed by atoms with E-state index in [0.29, 0.717) is 5.92 Å². The summed E-state index contributed by atoms with van der Waals surface area (Å²) in [7, 11) is 0. The smallest absolute Gasteiger partial charge is 0.160 e. The number of fused-ring (bicyclic) bond motifs is 1. The fourth-order valence-corrected chi connectivity index (χ4v) is 1.97. The van der Waals surface area contributed by atoms with E-state index in [1.54, 1.807) is 0 Å². The van der Waals surface area contributed by atoms with Gasteiger partial charge in [0.25, 0.3) is 0 Å². The van der Waals surface area contributed by atoms with Crippen LogP contribution >= 0.6 is 0 Å². The first kappa shape index (κ1) is 6.62. The van der Waals surface area contributed by atoms with Crippen LogP contribution in [0.1, 0.15) is 19.8 Å². The molecule has 0 aromatic heterocycles. The third-order valence-electron chi connectivity index (χ3n) is 2.69. The average molecular weight is 142 g/mol. The summed E-state index contributed by atoms with van der Waals surface area (Å²) in [5.74, 6) is 1.48. The molecule has 0 amide bonds. The second-order valence-electron chi connectivity index (χ2n) is 3.19. The molecule has 2 aliphatic rings. The van der Waals surface area contributed by atoms with Crippen molar-refractivity contribution in [2.24, 2.45) is 11.8 Å². The van der Waals surface area contributed by atoms with E-state index in [9.17, 15) is 0 Å². The molecule has 0 aromatic carbocycles. The van der Waals surface area contributed by atoms with Crippen molar-refractivity contribution >= 4 is 0 Å². The molecule has 0 N–H and O–H groups in total. The minimum Gasteiger partial charge on any atom is -0.352 e. The molecule has 2 heterocycles. The highest BCUT2D eigenvalue weighted by molar-refractivity contribution is 4.81. The summed E-state index contributed by atoms with van der Waals surface area (Å²) in [6.45, 7) is 4.06. The Morgan fingerprint density at radius 3 is 3.10 bits per heavy atom. The first-order chi connectivity index (χ1) is 4.92. The van der Waals surface area contributed by atoms with Gasteiger partial charge in [0, 0.05) is 5.92 Å². The number of rotatable bonds is 1. The predicted octanol–water partition coefficient (Wildman–Crippen LogP) is 1.41. The Morgan fingerprint density at radius 1 is 1.40 bits per heavy atom. The third-order valence-corrected chi connectivity index (χ3v) is 2.69. The zero-order chi connectivity index (χ0) is 6.97. The van der Waals surface area contributed by atoms with E-state index in [0.717, 1.165) is 19.1 Å². The van der Waals surface area contributed by atoms with E-state index in [1.165, 1.54) is 12.8 Å². The molecule has 0 bridgehead atoms. The standard InChI is InChI=1S/C8H14O2/c1-2-6-5-10-8-7(6)3-4-9-8/h6-8H,2-5H2,1H3/t6-,7+,8-/m1/s1. The van der Waals surface area contributed by atoms with E-state index in [1.807, 2.05) is 0 Å². The van der Waals surface area contributed by atoms with Crippen LogP contribution in [0, 0.1) is 11.8 Å². The lowest BCUT2D eigenvalue weighted by Crippen LogP contribution is -2.13. The van der Waals surface area contributed by atoms with Crippen molar-refractivity contribution in [1.29, 1.82) is 0 Å². The van der Waals surface area contributed by atoms with Gasteiger partial charge >= 0.3 is 0 Å². The second kappa shape index (κ2) is 2.51. The first-order valence-corrected chi connectivity index (χ1v) is 4.15. The molecule has 58 valence electrons. The zero-order valence-electron chi connectivity index (χ0n) is 6.38. The fraction of sp³-hybridized carbons (Fsp3) is 1.00. The van der Waals surface area contributed by atoms with Crippen LogP contribution in [0.4, 0.5) is 0 Å². The molecule has 2 aliphatic heterocycles. The summed E-state index contributed by atoms with van der Waals surface area (Å²) in [5.41, 5.74) is 0. The summed E-state index contributed by atoms with van der Waals surface area (Å²) < 4.78 is 10.8. The van der Waals surface area contributed by atoms with Gasteiger partial charge in [0.15, 0.2) is 6.29 Å². The van der Waals surface area contributed by atoms with Crippen molar-refractivity contribution in [3.05, 3.63) is 0 Å². The van der Waals surface area contributed by atoms with Gasteiger partial charge in [-0.2, -0.15) is 0 Å². The van der Waals surface area contributed by atoms with Crippen molar-refractivity contribution in [2.45, 2.75) is 26.1 Å². The van der Waals surface area contributed by atoms with Crippen LogP contribution in [0.15, 0.2) is 0 Å². The topological polar surface area (TPSA) is 18.5 Å². The molecule has 10 heavy (non-hydrogen) atoms. The van der Waals surface area contributed by atoms with Crippen molar-refractivity contribution in [1.82, 2.24) is 0 Å². The SMILES string of the molecule is CC[C@@H]1CO[C@H]2OCC[C@@H]12. The maximum atomic E-state index is 5.46. The van der Waals surface area contributed by atoms with Gasteiger partial charge in [-0.25, -0.2) is 0 Å². The summed E-state index contributed by atoms with van der Waals surface area (Å²) in [4.78, 5) is 0. The maximum Gasteiger partial charge on any atom is 0.160 e. The Morgan fingerprint density at radius 2 is 2.30 bits per heavy atom. The van der Waals surface area contributed by atoms with Gasteiger partial charge in [-0.3, -0.25) is 0 Å². The Balaban J connectivity index is 2.01. The molecule has 0 spiro atoms. The van der Waals surface area contributed by atoms with Gasteiger partial charge in [0.2, 0.25) is 0 Å². The lowest BCUT2D eigenvalue weighted by atomic mass is 9.91. The van der Waals surface area contributed by atoms with Gasteiger partial charge in [-0.05, 0) is 12.3 Å². The zero-order valence-corrected chi connectivity index (χ0v) is 6.38. The van der Waals surface area contributed by atoms with Crippen molar-refractivity contribution < 1.29 is 9.47 Å². The van der Waals surface area contributed by atoms with Gasteiger partial charge in [-0.15, -0.1) is 0 Å². The van der Waals surface area contributed by atoms with Gasteiger partial charge in [-0.1, -0.05) is 13.3 Å². The second-order valence-corrected chi connectivity index (χ2v) is 3.19. The first-order valence-electron chi connectivity index (χ1n) is 4.15. The van der Waals surface area contributed by atoms with Crippen LogP contribution in [0.2, 0.25) is 0 Å². The van der Waals surface area contributed by atoms with E-state index >= 15 is 0 Å². The molecule has 0 radical (unpaired) electrons. The Hall–Kier alpha value is -0.0800. The summed E-state index contributed by atoms with van der Waals surface area (Å²) in [6.07, 6.45) is 2.61. The Kier molecular flexibility index (Phi) is 1.66. The number of hydrogen-bond donors (Lipinski definition) is 0. The van der Waals surface area contributed by atoms with Crippen LogP contribution in [0.5, 0.6) is 0 Å². The molecule has 0 aliphatic carbocycles. The van der Waals surface area contributed by atoms with Crippen molar-refractivity contribution in [3.63, 3.8) is 0 Å². The highest BCUT2D eigenvalue weighted by Gasteiger charge is 2.40. The molecule has 2 fully saturated rings. The predicted molar refractivity (Wildman–Crippen MR) is 37.6 cm³/mol. The molecule has 2 heteroatoms. The van der Waals surface area contributed by atoms with E-state index in [2.05, 4.69) is 6.92 Å². The molecule has 0 saturated carbocycles. The van der Waals surface area contributed by atoms with Crippen LogP contribution in [-0.4, -0.2) is 19.5 Å². The van der Waals surface area contributed by atoms with Crippen LogP contribution in [-0.2, 0) is 9.47 Å². The number of ether oxygens (including phenoxy) is 2. The van der Waals surface area contributed by atoms with Crippen molar-refractivity contribution in [3.8, 4) is 0 Å². The molecule has 2 nitrogen and oxygen atoms in total. The summed E-state index contributed by atoms with van der Waals surface area (Å²) in [6, 6.07) is 0. The quantitative estimate of drug-likeness (QED) is 0.551. The molecule has 2 rings (SSSR count). The highest BCUT2D eigenvalue weighted by atomic mass is 16.7. The van der Waals surface area contributed by atoms with Crippen LogP contribution in [0.3, 0.4) is 0 Å². The van der Waals surface area contributed by atoms with Crippen molar-refractivity contribution in [2.75, 3.05) is 13.2 Å². The molecule has 0 aromatic rings. The average Bonchev–Trinajstić information content (AvgIpc) is 2.44. The van der Waals surface area contributed by atoms with Gasteiger partial charge in [0.1, 0.15) is 0 Å². The highest BCUT2D eigenvalue weighted by Crippen LogP contribution is 2.36. The molecular weight excluding hydrogens is 128 g/mol. The molecule has 2 saturated heterocycles. The minimum absolute atomic E-state index is 0.157. The fourth-order valence-electron chi connectivity index (χ4n) is 1.97. The van der Waals surface area contributed by atoms with E-state index < -0.39 is 0 Å². The van der Waals surface area contributed by atoms with Crippen LogP contribution < -0.4 is 0 Å². The van der Waals surface area contributed by atoms with Crippen LogP contribution in [0.25, 0.3) is 0 Å². The van der Waals surface area contributed by atoms with Gasteiger partial charge < -0.3 is 9.47 Å². The lowest BCUT2D eigenvalue weighted by Gasteiger charge is -2.10. The van der Waals surface area contributed by atoms with Gasteiger partial charge in [0.05, 0.1) is 13.2 Å². The Bertz CT molecular complexity index is 124.